The maximum absolute atomic E-state index is 8.88. The van der Waals surface area contributed by atoms with E-state index in [1.165, 1.54) is 0 Å². The van der Waals surface area contributed by atoms with Crippen LogP contribution >= 0.6 is 7.82 Å². The Balaban J connectivity index is -0.0000000128. The third kappa shape index (κ3) is 360. The fourth-order valence-corrected chi connectivity index (χ4v) is 0. The smallest absolute Gasteiger partial charge is 1.00 e. The van der Waals surface area contributed by atoms with Crippen molar-refractivity contribution >= 4 is 35.6 Å². The van der Waals surface area contributed by atoms with E-state index in [0.717, 1.165) is 0 Å². The number of rotatable bonds is 0. The first kappa shape index (κ1) is 29.6. The predicted molar refractivity (Wildman–Crippen MR) is 40.6 cm³/mol. The average molecular weight is 274 g/mol. The van der Waals surface area contributed by atoms with Crippen LogP contribution in [0.25, 0.3) is 0 Å². The van der Waals surface area contributed by atoms with Gasteiger partial charge in [-0.2, -0.15) is 8.42 Å². The molecule has 0 amide bonds. The van der Waals surface area contributed by atoms with E-state index in [1.807, 2.05) is 0 Å². The van der Waals surface area contributed by atoms with Gasteiger partial charge >= 0.3 is 77.3 Å². The molecule has 0 rings (SSSR count). The van der Waals surface area contributed by atoms with Crippen molar-refractivity contribution in [3.63, 3.8) is 0 Å². The molecule has 13 heavy (non-hydrogen) atoms. The molecule has 5 N–H and O–H groups in total. The molecule has 8 nitrogen and oxygen atoms in total. The van der Waals surface area contributed by atoms with Crippen LogP contribution in [0.3, 0.4) is 0 Å². The fourth-order valence-electron chi connectivity index (χ4n) is 0. The minimum absolute atomic E-state index is 0. The van der Waals surface area contributed by atoms with E-state index in [4.69, 9.17) is 36.8 Å². The Morgan fingerprint density at radius 1 is 1.00 bits per heavy atom. The van der Waals surface area contributed by atoms with Crippen molar-refractivity contribution in [1.29, 1.82) is 0 Å². The molecule has 0 saturated carbocycles. The monoisotopic (exact) mass is 274 g/mol. The summed E-state index contributed by atoms with van der Waals surface area (Å²) in [5.74, 6) is 0. The molecule has 13 heteroatoms. The zero-order valence-corrected chi connectivity index (χ0v) is 12.0. The zero-order chi connectivity index (χ0) is 9.00. The summed E-state index contributed by atoms with van der Waals surface area (Å²) in [6.07, 6.45) is 0. The molecule has 0 fully saturated rings. The zero-order valence-electron chi connectivity index (χ0n) is 8.32. The number of hydrogen-bond acceptors (Lipinski definition) is 3. The van der Waals surface area contributed by atoms with Crippen LogP contribution in [-0.4, -0.2) is 49.6 Å². The maximum atomic E-state index is 8.88. The Morgan fingerprint density at radius 3 is 1.00 bits per heavy atom. The molecule has 0 aliphatic rings. The molecule has 0 unspecified atom stereocenters. The van der Waals surface area contributed by atoms with Crippen molar-refractivity contribution in [3.05, 3.63) is 0 Å². The van der Waals surface area contributed by atoms with E-state index in [1.54, 1.807) is 0 Å². The summed E-state index contributed by atoms with van der Waals surface area (Å²) in [7, 11) is -9.31. The molecule has 0 aromatic heterocycles. The molecule has 0 aromatic carbocycles. The van der Waals surface area contributed by atoms with Crippen LogP contribution in [0.4, 0.5) is 0 Å². The van der Waals surface area contributed by atoms with Crippen molar-refractivity contribution in [2.75, 3.05) is 0 Å². The van der Waals surface area contributed by atoms with E-state index >= 15 is 0 Å². The summed E-state index contributed by atoms with van der Waals surface area (Å²) in [4.78, 5) is 21.6. The van der Waals surface area contributed by atoms with E-state index in [-0.39, 0.29) is 79.3 Å². The third-order valence-electron chi connectivity index (χ3n) is 0. The second-order valence-electron chi connectivity index (χ2n) is 0.961. The molecule has 74 valence electrons. The van der Waals surface area contributed by atoms with E-state index < -0.39 is 18.2 Å². The SMILES string of the molecule is O=P(O)(O)O.O=S(=O)(O)O.[AlH3].[H-].[H-].[Na+].[Na+]. The summed E-state index contributed by atoms with van der Waals surface area (Å²) in [5, 5.41) is 0. The molecule has 0 aliphatic heterocycles. The van der Waals surface area contributed by atoms with Crippen molar-refractivity contribution < 1.29 is 98.7 Å². The van der Waals surface area contributed by atoms with Crippen LogP contribution in [0.2, 0.25) is 0 Å². The molecular formula is H10AlNa2O8PS. The van der Waals surface area contributed by atoms with Crippen molar-refractivity contribution in [2.45, 2.75) is 0 Å². The quantitative estimate of drug-likeness (QED) is 0.166. The van der Waals surface area contributed by atoms with Gasteiger partial charge in [0.15, 0.2) is 17.4 Å². The topological polar surface area (TPSA) is 152 Å². The van der Waals surface area contributed by atoms with E-state index in [2.05, 4.69) is 0 Å². The van der Waals surface area contributed by atoms with E-state index in [0.29, 0.717) is 0 Å². The normalized spacial score (nSPS) is 9.00. The molecule has 0 radical (unpaired) electrons. The van der Waals surface area contributed by atoms with Gasteiger partial charge in [-0.15, -0.1) is 0 Å². The molecule has 0 aromatic rings. The molecule has 0 bridgehead atoms. The summed E-state index contributed by atoms with van der Waals surface area (Å²) >= 11 is 0. The Kier molecular flexibility index (Phi) is 28.6. The molecular weight excluding hydrogens is 264 g/mol. The maximum Gasteiger partial charge on any atom is 1.00 e. The van der Waals surface area contributed by atoms with Crippen LogP contribution in [0, 0.1) is 0 Å². The molecule has 0 aliphatic carbocycles. The first-order chi connectivity index (χ1) is 4.00. The standard InChI is InChI=1S/Al.2Na.H3O4P.H2O4S.5H/c;;;2*1-5(2,3)4;;;;;/h;;;(H3,1,2,3,4);(H2,1,2,3,4);;;;;/q;2*+1;;;;;;2*-1. The minimum Gasteiger partial charge on any atom is -1.00 e. The Labute approximate surface area is 133 Å². The molecule has 0 saturated heterocycles. The van der Waals surface area contributed by atoms with Gasteiger partial charge in [0.25, 0.3) is 0 Å². The van der Waals surface area contributed by atoms with Crippen molar-refractivity contribution in [3.8, 4) is 0 Å². The third-order valence-corrected chi connectivity index (χ3v) is 0. The van der Waals surface area contributed by atoms with Gasteiger partial charge < -0.3 is 17.5 Å². The van der Waals surface area contributed by atoms with Crippen molar-refractivity contribution in [2.24, 2.45) is 0 Å². The number of phosphoric acid groups is 1. The van der Waals surface area contributed by atoms with Gasteiger partial charge in [-0.3, -0.25) is 9.11 Å². The summed E-state index contributed by atoms with van der Waals surface area (Å²) in [5.41, 5.74) is 0. The van der Waals surface area contributed by atoms with Crippen LogP contribution in [-0.2, 0) is 15.0 Å². The van der Waals surface area contributed by atoms with Gasteiger partial charge in [0.05, 0.1) is 0 Å². The van der Waals surface area contributed by atoms with Crippen LogP contribution in [0.1, 0.15) is 2.85 Å². The minimum atomic E-state index is -4.67. The molecule has 0 heterocycles. The van der Waals surface area contributed by atoms with Gasteiger partial charge in [0, 0.05) is 0 Å². The van der Waals surface area contributed by atoms with Gasteiger partial charge in [-0.05, 0) is 0 Å². The first-order valence-electron chi connectivity index (χ1n) is 1.48. The first-order valence-corrected chi connectivity index (χ1v) is 4.44. The van der Waals surface area contributed by atoms with Gasteiger partial charge in [-0.25, -0.2) is 4.57 Å². The molecule has 0 spiro atoms. The largest absolute Gasteiger partial charge is 1.00 e. The second-order valence-corrected chi connectivity index (χ2v) is 2.88. The fraction of sp³-hybridized carbons (Fsp3) is 0. The van der Waals surface area contributed by atoms with Gasteiger partial charge in [0.1, 0.15) is 0 Å². The van der Waals surface area contributed by atoms with Crippen LogP contribution in [0.5, 0.6) is 0 Å². The Morgan fingerprint density at radius 2 is 1.00 bits per heavy atom. The van der Waals surface area contributed by atoms with Gasteiger partial charge in [-0.1, -0.05) is 0 Å². The summed E-state index contributed by atoms with van der Waals surface area (Å²) in [6.45, 7) is 0. The Hall–Kier alpha value is 2.51. The summed E-state index contributed by atoms with van der Waals surface area (Å²) < 4.78 is 40.5. The summed E-state index contributed by atoms with van der Waals surface area (Å²) in [6, 6.07) is 0. The van der Waals surface area contributed by atoms with Gasteiger partial charge in [0.2, 0.25) is 0 Å². The van der Waals surface area contributed by atoms with Crippen LogP contribution < -0.4 is 59.1 Å². The Bertz CT molecular complexity index is 209. The average Bonchev–Trinajstić information content (AvgIpc) is 1.12. The molecule has 0 atom stereocenters. The van der Waals surface area contributed by atoms with Crippen molar-refractivity contribution in [1.82, 2.24) is 0 Å². The number of hydrogen-bond donors (Lipinski definition) is 5. The van der Waals surface area contributed by atoms with E-state index in [9.17, 15) is 0 Å². The van der Waals surface area contributed by atoms with Crippen LogP contribution in [0.15, 0.2) is 0 Å². The predicted octanol–water partition coefficient (Wildman–Crippen LogP) is -8.53. The second kappa shape index (κ2) is 12.6.